The zero-order chi connectivity index (χ0) is 37.3. The number of benzene rings is 2. The molecule has 10 nitrogen and oxygen atoms in total. The second-order valence-electron chi connectivity index (χ2n) is 13.7. The van der Waals surface area contributed by atoms with Gasteiger partial charge in [0.1, 0.15) is 41.0 Å². The molecule has 276 valence electrons. The maximum absolute atomic E-state index is 17.2. The monoisotopic (exact) mass is 747 g/mol. The summed E-state index contributed by atoms with van der Waals surface area (Å²) in [7, 11) is 3.05. The minimum Gasteiger partial charge on any atom is -0.461 e. The van der Waals surface area contributed by atoms with E-state index in [1.807, 2.05) is 11.0 Å². The van der Waals surface area contributed by atoms with Crippen LogP contribution in [0.25, 0.3) is 32.1 Å². The molecule has 17 heteroatoms. The molecule has 0 spiro atoms. The van der Waals surface area contributed by atoms with Gasteiger partial charge in [0.05, 0.1) is 40.1 Å². The van der Waals surface area contributed by atoms with Crippen LogP contribution in [0.1, 0.15) is 43.7 Å². The number of carbonyl (C=O) groups excluding carboxylic acids is 1. The Hall–Kier alpha value is -4.40. The first-order chi connectivity index (χ1) is 24.7. The zero-order valence-electron chi connectivity index (χ0n) is 28.5. The average molecular weight is 748 g/mol. The number of hydrogen-bond acceptors (Lipinski definition) is 10. The Morgan fingerprint density at radius 3 is 2.71 bits per heavy atom. The van der Waals surface area contributed by atoms with Crippen molar-refractivity contribution >= 4 is 49.1 Å². The molecule has 3 saturated heterocycles. The third-order valence-corrected chi connectivity index (χ3v) is 11.7. The SMILES string of the molecule is COCC1C(N(C)c2nc(OCC34CCCN3CC(F)C4)nc3c(F)c(-c4ccc(F)c5sc(N)c(C#N)c45)c(C(F)(F)F)cc23)CCN1C(C)=O. The Labute approximate surface area is 298 Å². The number of likely N-dealkylation sites (tertiary alicyclic amines) is 1. The lowest BCUT2D eigenvalue weighted by Crippen LogP contribution is -2.48. The van der Waals surface area contributed by atoms with Gasteiger partial charge in [0, 0.05) is 56.9 Å². The van der Waals surface area contributed by atoms with Crippen LogP contribution in [-0.2, 0) is 15.7 Å². The number of aromatic nitrogens is 2. The van der Waals surface area contributed by atoms with Gasteiger partial charge in [-0.25, -0.2) is 13.2 Å². The lowest BCUT2D eigenvalue weighted by molar-refractivity contribution is -0.137. The fraction of sp³-hybridized carbons (Fsp3) is 0.486. The van der Waals surface area contributed by atoms with Crippen molar-refractivity contribution in [1.82, 2.24) is 19.8 Å². The minimum atomic E-state index is -5.14. The van der Waals surface area contributed by atoms with Crippen LogP contribution >= 0.6 is 11.3 Å². The minimum absolute atomic E-state index is 0.0384. The first-order valence-electron chi connectivity index (χ1n) is 16.7. The molecule has 0 bridgehead atoms. The average Bonchev–Trinajstić information content (AvgIpc) is 3.84. The van der Waals surface area contributed by atoms with E-state index in [2.05, 4.69) is 9.97 Å². The third kappa shape index (κ3) is 5.84. The maximum Gasteiger partial charge on any atom is 0.417 e. The largest absolute Gasteiger partial charge is 0.461 e. The lowest BCUT2D eigenvalue weighted by Gasteiger charge is -2.34. The molecule has 3 aliphatic heterocycles. The van der Waals surface area contributed by atoms with Gasteiger partial charge in [-0.05, 0) is 43.5 Å². The summed E-state index contributed by atoms with van der Waals surface area (Å²) >= 11 is 0.672. The van der Waals surface area contributed by atoms with E-state index in [1.165, 1.54) is 14.0 Å². The molecule has 2 aromatic carbocycles. The predicted octanol–water partition coefficient (Wildman–Crippen LogP) is 6.29. The van der Waals surface area contributed by atoms with Crippen LogP contribution in [0.4, 0.5) is 37.2 Å². The van der Waals surface area contributed by atoms with Crippen molar-refractivity contribution in [2.75, 3.05) is 57.6 Å². The molecular formula is C35H35F6N7O3S. The highest BCUT2D eigenvalue weighted by Gasteiger charge is 2.49. The molecule has 52 heavy (non-hydrogen) atoms. The summed E-state index contributed by atoms with van der Waals surface area (Å²) in [6.07, 6.45) is -4.12. The number of nitrogens with two attached hydrogens (primary N) is 1. The van der Waals surface area contributed by atoms with Gasteiger partial charge < -0.3 is 25.0 Å². The number of halogens is 6. The summed E-state index contributed by atoms with van der Waals surface area (Å²) in [4.78, 5) is 26.6. The van der Waals surface area contributed by atoms with Crippen molar-refractivity contribution in [1.29, 1.82) is 5.26 Å². The first-order valence-corrected chi connectivity index (χ1v) is 17.5. The molecule has 0 aliphatic carbocycles. The highest BCUT2D eigenvalue weighted by atomic mass is 32.1. The van der Waals surface area contributed by atoms with Crippen molar-refractivity contribution in [3.05, 3.63) is 41.0 Å². The Bertz CT molecular complexity index is 2120. The second-order valence-corrected chi connectivity index (χ2v) is 14.7. The van der Waals surface area contributed by atoms with Gasteiger partial charge in [-0.1, -0.05) is 6.07 Å². The Balaban J connectivity index is 1.46. The molecule has 4 atom stereocenters. The summed E-state index contributed by atoms with van der Waals surface area (Å²) in [6.45, 7) is 2.74. The van der Waals surface area contributed by atoms with Crippen LogP contribution in [0.15, 0.2) is 18.2 Å². The number of nitriles is 1. The van der Waals surface area contributed by atoms with Crippen molar-refractivity contribution in [2.24, 2.45) is 0 Å². The fourth-order valence-corrected chi connectivity index (χ4v) is 9.33. The second kappa shape index (κ2) is 13.2. The van der Waals surface area contributed by atoms with Crippen LogP contribution in [-0.4, -0.2) is 96.5 Å². The van der Waals surface area contributed by atoms with E-state index in [0.717, 1.165) is 24.6 Å². The number of nitrogens with zero attached hydrogens (tertiary/aromatic N) is 6. The smallest absolute Gasteiger partial charge is 0.417 e. The number of rotatable bonds is 8. The normalized spacial score (nSPS) is 23.5. The Morgan fingerprint density at radius 2 is 2.02 bits per heavy atom. The molecule has 3 aliphatic rings. The number of ether oxygens (including phenoxy) is 2. The van der Waals surface area contributed by atoms with E-state index in [-0.39, 0.29) is 70.0 Å². The summed E-state index contributed by atoms with van der Waals surface area (Å²) in [6, 6.07) is 3.08. The number of anilines is 2. The molecule has 4 unspecified atom stereocenters. The van der Waals surface area contributed by atoms with Crippen LogP contribution in [0.5, 0.6) is 6.01 Å². The van der Waals surface area contributed by atoms with Gasteiger partial charge in [0.15, 0.2) is 5.82 Å². The molecule has 2 aromatic heterocycles. The molecule has 0 radical (unpaired) electrons. The number of carbonyl (C=O) groups is 1. The number of likely N-dealkylation sites (N-methyl/N-ethyl adjacent to an activating group) is 1. The number of fused-ring (bicyclic) bond motifs is 3. The molecule has 0 saturated carbocycles. The number of alkyl halides is 4. The molecule has 7 rings (SSSR count). The Morgan fingerprint density at radius 1 is 1.25 bits per heavy atom. The lowest BCUT2D eigenvalue weighted by atomic mass is 9.92. The zero-order valence-corrected chi connectivity index (χ0v) is 29.3. The highest BCUT2D eigenvalue weighted by Crippen LogP contribution is 2.48. The number of hydrogen-bond donors (Lipinski definition) is 1. The maximum atomic E-state index is 17.2. The number of thiophene rings is 1. The Kier molecular flexibility index (Phi) is 9.15. The van der Waals surface area contributed by atoms with Gasteiger partial charge in [0.25, 0.3) is 0 Å². The van der Waals surface area contributed by atoms with E-state index < -0.39 is 63.8 Å². The summed E-state index contributed by atoms with van der Waals surface area (Å²) in [5.74, 6) is -2.55. The van der Waals surface area contributed by atoms with Crippen molar-refractivity contribution in [3.8, 4) is 23.2 Å². The summed E-state index contributed by atoms with van der Waals surface area (Å²) in [5, 5.41) is 9.17. The van der Waals surface area contributed by atoms with Gasteiger partial charge in [-0.3, -0.25) is 9.69 Å². The van der Waals surface area contributed by atoms with Gasteiger partial charge in [0.2, 0.25) is 5.91 Å². The third-order valence-electron chi connectivity index (χ3n) is 10.7. The van der Waals surface area contributed by atoms with Crippen LogP contribution in [0, 0.1) is 23.0 Å². The quantitative estimate of drug-likeness (QED) is 0.208. The molecule has 2 N–H and O–H groups in total. The van der Waals surface area contributed by atoms with E-state index in [1.54, 1.807) is 16.8 Å². The van der Waals surface area contributed by atoms with E-state index in [0.29, 0.717) is 37.3 Å². The van der Waals surface area contributed by atoms with E-state index >= 15 is 17.6 Å². The molecule has 5 heterocycles. The topological polar surface area (TPSA) is 121 Å². The standard InChI is InChI=1S/C35H35F6N7O3S/c1-17(49)48-10-7-24(25(48)15-50-3)46(2)32-20-11-22(35(39,40)41)27(19-5-6-23(37)30-26(19)21(13-42)31(43)52-30)28(38)29(20)44-33(45-32)51-16-34-8-4-9-47(34)14-18(36)12-34/h5-6,11,18,24-25H,4,7-10,12,14-16,43H2,1-3H3. The highest BCUT2D eigenvalue weighted by molar-refractivity contribution is 7.23. The van der Waals surface area contributed by atoms with Gasteiger partial charge in [-0.15, -0.1) is 11.3 Å². The number of nitrogen functional groups attached to an aromatic ring is 1. The summed E-state index contributed by atoms with van der Waals surface area (Å²) in [5.41, 5.74) is 1.78. The van der Waals surface area contributed by atoms with Crippen LogP contribution < -0.4 is 15.4 Å². The van der Waals surface area contributed by atoms with Gasteiger partial charge >= 0.3 is 12.2 Å². The van der Waals surface area contributed by atoms with Gasteiger partial charge in [-0.2, -0.15) is 28.4 Å². The molecule has 3 fully saturated rings. The van der Waals surface area contributed by atoms with Crippen LogP contribution in [0.2, 0.25) is 0 Å². The van der Waals surface area contributed by atoms with E-state index in [9.17, 15) is 18.8 Å². The number of methoxy groups -OCH3 is 1. The van der Waals surface area contributed by atoms with Crippen LogP contribution in [0.3, 0.4) is 0 Å². The molecular weight excluding hydrogens is 712 g/mol. The van der Waals surface area contributed by atoms with Crippen molar-refractivity contribution in [3.63, 3.8) is 0 Å². The summed E-state index contributed by atoms with van der Waals surface area (Å²) < 4.78 is 103. The predicted molar refractivity (Wildman–Crippen MR) is 183 cm³/mol. The fourth-order valence-electron chi connectivity index (χ4n) is 8.38. The van der Waals surface area contributed by atoms with Crippen molar-refractivity contribution in [2.45, 2.75) is 62.6 Å². The molecule has 4 aromatic rings. The first kappa shape index (κ1) is 36.0. The van der Waals surface area contributed by atoms with Crippen molar-refractivity contribution < 1.29 is 40.6 Å². The number of amides is 1. The van der Waals surface area contributed by atoms with E-state index in [4.69, 9.17) is 15.2 Å². The molecule has 1 amide bonds.